The maximum atomic E-state index is 15.0. The van der Waals surface area contributed by atoms with Crippen molar-refractivity contribution in [2.45, 2.75) is 43.9 Å². The van der Waals surface area contributed by atoms with Crippen molar-refractivity contribution in [2.75, 3.05) is 11.9 Å². The van der Waals surface area contributed by atoms with Crippen LogP contribution in [0.5, 0.6) is 0 Å². The van der Waals surface area contributed by atoms with E-state index < -0.39 is 53.8 Å². The number of amidine groups is 1. The first-order valence-electron chi connectivity index (χ1n) is 10.2. The van der Waals surface area contributed by atoms with Gasteiger partial charge in [-0.3, -0.25) is 9.78 Å². The number of carbonyl (C=O) groups is 1. The highest BCUT2D eigenvalue weighted by atomic mass is 19.4. The summed E-state index contributed by atoms with van der Waals surface area (Å²) in [6, 6.07) is 2.63. The molecule has 0 bridgehead atoms. The Labute approximate surface area is 190 Å². The fraction of sp³-hybridized carbons (Fsp3) is 0.429. The van der Waals surface area contributed by atoms with E-state index in [-0.39, 0.29) is 29.2 Å². The molecular weight excluding hydrogens is 465 g/mol. The summed E-state index contributed by atoms with van der Waals surface area (Å²) in [7, 11) is 0. The van der Waals surface area contributed by atoms with Crippen molar-refractivity contribution in [2.24, 2.45) is 16.6 Å². The van der Waals surface area contributed by atoms with Crippen molar-refractivity contribution in [3.8, 4) is 0 Å². The molecular formula is C21H20F5N5O3. The van der Waals surface area contributed by atoms with Crippen molar-refractivity contribution in [1.29, 1.82) is 0 Å². The Hall–Kier alpha value is -3.35. The number of hydrogen-bond acceptors (Lipinski definition) is 7. The molecule has 182 valence electrons. The third-order valence-electron chi connectivity index (χ3n) is 5.83. The Kier molecular flexibility index (Phi) is 5.92. The zero-order chi connectivity index (χ0) is 24.8. The maximum Gasteiger partial charge on any atom is 0.426 e. The van der Waals surface area contributed by atoms with E-state index in [2.05, 4.69) is 20.3 Å². The van der Waals surface area contributed by atoms with Gasteiger partial charge in [0, 0.05) is 11.3 Å². The number of alkyl halides is 4. The SMILES string of the molecule is CC(F)c1cnc(C(=O)Nc2ccc(F)c([C@]34CO[C@H](C)[C@H]3[C@@H](C(F)(F)F)OC(N)=N4)c2)cn1. The number of benzene rings is 1. The average Bonchev–Trinajstić information content (AvgIpc) is 3.10. The molecule has 1 aromatic heterocycles. The molecule has 5 atom stereocenters. The number of halogens is 5. The van der Waals surface area contributed by atoms with Crippen LogP contribution in [-0.4, -0.2) is 46.9 Å². The highest BCUT2D eigenvalue weighted by Crippen LogP contribution is 2.51. The van der Waals surface area contributed by atoms with Gasteiger partial charge in [0.2, 0.25) is 6.10 Å². The van der Waals surface area contributed by atoms with Crippen LogP contribution >= 0.6 is 0 Å². The summed E-state index contributed by atoms with van der Waals surface area (Å²) in [5.74, 6) is -3.03. The Morgan fingerprint density at radius 2 is 2.03 bits per heavy atom. The van der Waals surface area contributed by atoms with Gasteiger partial charge in [-0.05, 0) is 32.0 Å². The Balaban J connectivity index is 1.70. The summed E-state index contributed by atoms with van der Waals surface area (Å²) in [5.41, 5.74) is 3.44. The second-order valence-corrected chi connectivity index (χ2v) is 8.09. The summed E-state index contributed by atoms with van der Waals surface area (Å²) < 4.78 is 79.8. The summed E-state index contributed by atoms with van der Waals surface area (Å²) in [5, 5.41) is 2.48. The number of aliphatic imine (C=N–C) groups is 1. The van der Waals surface area contributed by atoms with Gasteiger partial charge in [-0.25, -0.2) is 18.8 Å². The normalized spacial score (nSPS) is 27.4. The Bertz CT molecular complexity index is 1120. The van der Waals surface area contributed by atoms with Gasteiger partial charge in [-0.2, -0.15) is 13.2 Å². The van der Waals surface area contributed by atoms with Gasteiger partial charge in [0.1, 0.15) is 23.2 Å². The van der Waals surface area contributed by atoms with E-state index in [1.807, 2.05) is 0 Å². The van der Waals surface area contributed by atoms with Crippen LogP contribution < -0.4 is 11.1 Å². The minimum absolute atomic E-state index is 0.0373. The summed E-state index contributed by atoms with van der Waals surface area (Å²) >= 11 is 0. The van der Waals surface area contributed by atoms with E-state index in [1.165, 1.54) is 26.0 Å². The number of nitrogens with zero attached hydrogens (tertiary/aromatic N) is 3. The summed E-state index contributed by atoms with van der Waals surface area (Å²) in [6.45, 7) is 2.30. The summed E-state index contributed by atoms with van der Waals surface area (Å²) in [4.78, 5) is 24.3. The van der Waals surface area contributed by atoms with Gasteiger partial charge in [0.25, 0.3) is 11.9 Å². The molecule has 3 N–H and O–H groups in total. The largest absolute Gasteiger partial charge is 0.452 e. The highest BCUT2D eigenvalue weighted by molar-refractivity contribution is 6.02. The second-order valence-electron chi connectivity index (χ2n) is 8.09. The van der Waals surface area contributed by atoms with Crippen LogP contribution in [0.2, 0.25) is 0 Å². The first-order chi connectivity index (χ1) is 15.9. The fourth-order valence-corrected chi connectivity index (χ4v) is 4.25. The van der Waals surface area contributed by atoms with Gasteiger partial charge < -0.3 is 20.5 Å². The molecule has 1 saturated heterocycles. The fourth-order valence-electron chi connectivity index (χ4n) is 4.25. The smallest absolute Gasteiger partial charge is 0.426 e. The van der Waals surface area contributed by atoms with E-state index in [1.54, 1.807) is 0 Å². The number of amides is 1. The number of rotatable bonds is 4. The minimum Gasteiger partial charge on any atom is -0.452 e. The third-order valence-corrected chi connectivity index (χ3v) is 5.83. The van der Waals surface area contributed by atoms with Gasteiger partial charge in [0.05, 0.1) is 36.7 Å². The van der Waals surface area contributed by atoms with Crippen LogP contribution in [0.1, 0.15) is 41.8 Å². The van der Waals surface area contributed by atoms with Crippen LogP contribution in [0.4, 0.5) is 27.6 Å². The van der Waals surface area contributed by atoms with Crippen molar-refractivity contribution >= 4 is 17.6 Å². The average molecular weight is 485 g/mol. The first kappa shape index (κ1) is 23.8. The minimum atomic E-state index is -4.82. The molecule has 1 amide bonds. The maximum absolute atomic E-state index is 15.0. The van der Waals surface area contributed by atoms with E-state index in [0.29, 0.717) is 0 Å². The van der Waals surface area contributed by atoms with Gasteiger partial charge in [-0.1, -0.05) is 0 Å². The van der Waals surface area contributed by atoms with Crippen LogP contribution in [-0.2, 0) is 15.0 Å². The lowest BCUT2D eigenvalue weighted by molar-refractivity contribution is -0.226. The molecule has 0 spiro atoms. The number of fused-ring (bicyclic) bond motifs is 1. The number of ether oxygens (including phenoxy) is 2. The Morgan fingerprint density at radius 3 is 2.65 bits per heavy atom. The molecule has 0 saturated carbocycles. The topological polar surface area (TPSA) is 112 Å². The molecule has 0 aliphatic carbocycles. The molecule has 34 heavy (non-hydrogen) atoms. The van der Waals surface area contributed by atoms with Crippen molar-refractivity contribution in [3.05, 3.63) is 53.4 Å². The monoisotopic (exact) mass is 485 g/mol. The molecule has 1 aromatic carbocycles. The molecule has 2 aliphatic heterocycles. The number of nitrogens with two attached hydrogens (primary N) is 1. The highest BCUT2D eigenvalue weighted by Gasteiger charge is 2.64. The number of anilines is 1. The molecule has 2 aromatic rings. The first-order valence-corrected chi connectivity index (χ1v) is 10.2. The number of aromatic nitrogens is 2. The molecule has 13 heteroatoms. The van der Waals surface area contributed by atoms with E-state index in [9.17, 15) is 26.7 Å². The van der Waals surface area contributed by atoms with Crippen LogP contribution in [0, 0.1) is 11.7 Å². The lowest BCUT2D eigenvalue weighted by Gasteiger charge is -2.41. The molecule has 8 nitrogen and oxygen atoms in total. The Morgan fingerprint density at radius 1 is 1.29 bits per heavy atom. The molecule has 1 unspecified atom stereocenters. The number of carbonyl (C=O) groups excluding carboxylic acids is 1. The summed E-state index contributed by atoms with van der Waals surface area (Å²) in [6.07, 6.45) is -7.36. The number of hydrogen-bond donors (Lipinski definition) is 2. The second kappa shape index (κ2) is 8.46. The van der Waals surface area contributed by atoms with Gasteiger partial charge in [-0.15, -0.1) is 0 Å². The van der Waals surface area contributed by atoms with Crippen molar-refractivity contribution in [3.63, 3.8) is 0 Å². The van der Waals surface area contributed by atoms with E-state index in [0.717, 1.165) is 18.5 Å². The molecule has 3 heterocycles. The van der Waals surface area contributed by atoms with Crippen LogP contribution in [0.25, 0.3) is 0 Å². The van der Waals surface area contributed by atoms with Crippen LogP contribution in [0.15, 0.2) is 35.6 Å². The molecule has 1 fully saturated rings. The predicted molar refractivity (Wildman–Crippen MR) is 109 cm³/mol. The predicted octanol–water partition coefficient (Wildman–Crippen LogP) is 3.40. The van der Waals surface area contributed by atoms with Gasteiger partial charge >= 0.3 is 6.18 Å². The number of nitrogens with one attached hydrogen (secondary N) is 1. The molecule has 4 rings (SSSR count). The van der Waals surface area contributed by atoms with E-state index in [4.69, 9.17) is 15.2 Å². The zero-order valence-electron chi connectivity index (χ0n) is 17.9. The third kappa shape index (κ3) is 4.15. The molecule has 0 radical (unpaired) electrons. The lowest BCUT2D eigenvalue weighted by Crippen LogP contribution is -2.55. The van der Waals surface area contributed by atoms with Crippen molar-refractivity contribution < 1.29 is 36.2 Å². The van der Waals surface area contributed by atoms with Gasteiger partial charge in [0.15, 0.2) is 0 Å². The molecule has 2 aliphatic rings. The quantitative estimate of drug-likeness (QED) is 0.643. The lowest BCUT2D eigenvalue weighted by atomic mass is 9.74. The zero-order valence-corrected chi connectivity index (χ0v) is 17.9. The van der Waals surface area contributed by atoms with E-state index >= 15 is 0 Å². The van der Waals surface area contributed by atoms with Crippen molar-refractivity contribution in [1.82, 2.24) is 9.97 Å². The standard InChI is InChI=1S/C21H20F5N5O3/c1-9(22)14-6-29-15(7-28-14)18(32)30-11-3-4-13(23)12(5-11)20-8-33-10(2)16(20)17(21(24,25)26)34-19(27)31-20/h3-7,9-10,16-17H,8H2,1-2H3,(H2,27,31)(H,30,32)/t9?,10-,16+,17+,20-/m1/s1. The van der Waals surface area contributed by atoms with Crippen LogP contribution in [0.3, 0.4) is 0 Å².